The van der Waals surface area contributed by atoms with Crippen LogP contribution in [-0.2, 0) is 4.74 Å². The lowest BCUT2D eigenvalue weighted by Crippen LogP contribution is -2.40. The number of hydrogen-bond acceptors (Lipinski definition) is 4. The zero-order valence-electron chi connectivity index (χ0n) is 10.2. The lowest BCUT2D eigenvalue weighted by molar-refractivity contribution is 0.0384. The molecule has 2 rings (SSSR count). The van der Waals surface area contributed by atoms with Crippen LogP contribution in [0, 0.1) is 0 Å². The van der Waals surface area contributed by atoms with Crippen LogP contribution in [0.3, 0.4) is 0 Å². The fraction of sp³-hybridized carbons (Fsp3) is 1.00. The first kappa shape index (κ1) is 12.3. The van der Waals surface area contributed by atoms with E-state index in [0.717, 1.165) is 45.4 Å². The van der Waals surface area contributed by atoms with E-state index in [4.69, 9.17) is 4.74 Å². The van der Waals surface area contributed by atoms with E-state index in [0.29, 0.717) is 0 Å². The van der Waals surface area contributed by atoms with Crippen molar-refractivity contribution in [2.75, 3.05) is 52.5 Å². The molecular weight excluding hydrogens is 202 g/mol. The van der Waals surface area contributed by atoms with Crippen molar-refractivity contribution in [2.45, 2.75) is 25.3 Å². The van der Waals surface area contributed by atoms with Crippen LogP contribution in [0.15, 0.2) is 0 Å². The summed E-state index contributed by atoms with van der Waals surface area (Å²) in [6.45, 7) is 8.68. The van der Waals surface area contributed by atoms with E-state index in [-0.39, 0.29) is 0 Å². The van der Waals surface area contributed by atoms with Gasteiger partial charge in [0.2, 0.25) is 0 Å². The topological polar surface area (TPSA) is 36.5 Å². The molecule has 1 atom stereocenters. The number of morpholine rings is 1. The van der Waals surface area contributed by atoms with Crippen molar-refractivity contribution in [3.05, 3.63) is 0 Å². The number of hydrogen-bond donors (Lipinski definition) is 2. The minimum absolute atomic E-state index is 0.774. The molecule has 0 aromatic rings. The minimum atomic E-state index is 0.774. The summed E-state index contributed by atoms with van der Waals surface area (Å²) in [5, 5.41) is 7.07. The molecule has 0 saturated carbocycles. The third-order valence-corrected chi connectivity index (χ3v) is 3.54. The van der Waals surface area contributed by atoms with Crippen LogP contribution < -0.4 is 10.6 Å². The molecule has 2 aliphatic heterocycles. The summed E-state index contributed by atoms with van der Waals surface area (Å²) in [7, 11) is 0. The SMILES string of the molecule is C1CNC(CCNCCN2CCOCC2)C1. The Hall–Kier alpha value is -0.160. The zero-order chi connectivity index (χ0) is 11.1. The van der Waals surface area contributed by atoms with E-state index in [9.17, 15) is 0 Å². The van der Waals surface area contributed by atoms with Crippen molar-refractivity contribution in [2.24, 2.45) is 0 Å². The van der Waals surface area contributed by atoms with E-state index in [2.05, 4.69) is 15.5 Å². The summed E-state index contributed by atoms with van der Waals surface area (Å²) in [4.78, 5) is 2.48. The Kier molecular flexibility index (Phi) is 5.55. The maximum Gasteiger partial charge on any atom is 0.0594 e. The van der Waals surface area contributed by atoms with Gasteiger partial charge in [0.1, 0.15) is 0 Å². The molecule has 2 N–H and O–H groups in total. The van der Waals surface area contributed by atoms with Crippen molar-refractivity contribution >= 4 is 0 Å². The summed E-state index contributed by atoms with van der Waals surface area (Å²) in [5.74, 6) is 0. The molecule has 2 heterocycles. The van der Waals surface area contributed by atoms with Crippen LogP contribution in [0.2, 0.25) is 0 Å². The molecule has 4 nitrogen and oxygen atoms in total. The summed E-state index contributed by atoms with van der Waals surface area (Å²) >= 11 is 0. The van der Waals surface area contributed by atoms with Gasteiger partial charge in [-0.1, -0.05) is 0 Å². The van der Waals surface area contributed by atoms with Gasteiger partial charge >= 0.3 is 0 Å². The number of nitrogens with one attached hydrogen (secondary N) is 2. The molecule has 2 fully saturated rings. The third kappa shape index (κ3) is 4.37. The predicted octanol–water partition coefficient (Wildman–Crippen LogP) is 0.0503. The standard InChI is InChI=1S/C12H25N3O/c1-2-12(14-4-1)3-5-13-6-7-15-8-10-16-11-9-15/h12-14H,1-11H2. The number of rotatable bonds is 6. The van der Waals surface area contributed by atoms with Crippen molar-refractivity contribution < 1.29 is 4.74 Å². The molecule has 0 aliphatic carbocycles. The quantitative estimate of drug-likeness (QED) is 0.629. The lowest BCUT2D eigenvalue weighted by Gasteiger charge is -2.26. The summed E-state index contributed by atoms with van der Waals surface area (Å²) < 4.78 is 5.32. The maximum atomic E-state index is 5.32. The molecule has 2 saturated heterocycles. The molecule has 0 aromatic heterocycles. The molecule has 0 bridgehead atoms. The summed E-state index contributed by atoms with van der Waals surface area (Å²) in [6, 6.07) is 0.774. The Morgan fingerprint density at radius 1 is 1.25 bits per heavy atom. The third-order valence-electron chi connectivity index (χ3n) is 3.54. The molecule has 0 radical (unpaired) electrons. The van der Waals surface area contributed by atoms with E-state index >= 15 is 0 Å². The van der Waals surface area contributed by atoms with Gasteiger partial charge in [-0.15, -0.1) is 0 Å². The van der Waals surface area contributed by atoms with Crippen LogP contribution >= 0.6 is 0 Å². The van der Waals surface area contributed by atoms with Crippen molar-refractivity contribution in [3.8, 4) is 0 Å². The first-order valence-corrected chi connectivity index (χ1v) is 6.69. The van der Waals surface area contributed by atoms with E-state index in [1.165, 1.54) is 32.4 Å². The van der Waals surface area contributed by atoms with Gasteiger partial charge in [-0.3, -0.25) is 4.90 Å². The average molecular weight is 227 g/mol. The Bertz CT molecular complexity index is 177. The van der Waals surface area contributed by atoms with Gasteiger partial charge in [-0.2, -0.15) is 0 Å². The highest BCUT2D eigenvalue weighted by Crippen LogP contribution is 2.07. The summed E-state index contributed by atoms with van der Waals surface area (Å²) in [6.07, 6.45) is 4.01. The average Bonchev–Trinajstić information content (AvgIpc) is 2.83. The lowest BCUT2D eigenvalue weighted by atomic mass is 10.1. The normalized spacial score (nSPS) is 27.4. The van der Waals surface area contributed by atoms with Crippen molar-refractivity contribution in [1.82, 2.24) is 15.5 Å². The number of ether oxygens (including phenoxy) is 1. The van der Waals surface area contributed by atoms with Crippen molar-refractivity contribution in [1.29, 1.82) is 0 Å². The van der Waals surface area contributed by atoms with Crippen LogP contribution in [0.25, 0.3) is 0 Å². The molecule has 0 spiro atoms. The molecule has 16 heavy (non-hydrogen) atoms. The molecule has 0 aromatic carbocycles. The Morgan fingerprint density at radius 3 is 2.88 bits per heavy atom. The second-order valence-corrected chi connectivity index (χ2v) is 4.79. The Balaban J connectivity index is 1.42. The molecule has 4 heteroatoms. The van der Waals surface area contributed by atoms with Gasteiger partial charge in [0.25, 0.3) is 0 Å². The largest absolute Gasteiger partial charge is 0.379 e. The maximum absolute atomic E-state index is 5.32. The van der Waals surface area contributed by atoms with Gasteiger partial charge in [0.05, 0.1) is 13.2 Å². The van der Waals surface area contributed by atoms with E-state index < -0.39 is 0 Å². The Labute approximate surface area is 98.7 Å². The smallest absolute Gasteiger partial charge is 0.0594 e. The highest BCUT2D eigenvalue weighted by atomic mass is 16.5. The monoisotopic (exact) mass is 227 g/mol. The van der Waals surface area contributed by atoms with Gasteiger partial charge in [0.15, 0.2) is 0 Å². The van der Waals surface area contributed by atoms with Gasteiger partial charge in [0, 0.05) is 32.2 Å². The zero-order valence-corrected chi connectivity index (χ0v) is 10.2. The molecule has 94 valence electrons. The fourth-order valence-electron chi connectivity index (χ4n) is 2.47. The van der Waals surface area contributed by atoms with E-state index in [1.54, 1.807) is 0 Å². The molecule has 0 amide bonds. The van der Waals surface area contributed by atoms with Crippen molar-refractivity contribution in [3.63, 3.8) is 0 Å². The second-order valence-electron chi connectivity index (χ2n) is 4.79. The molecule has 2 aliphatic rings. The highest BCUT2D eigenvalue weighted by molar-refractivity contribution is 4.74. The fourth-order valence-corrected chi connectivity index (χ4v) is 2.47. The Morgan fingerprint density at radius 2 is 2.12 bits per heavy atom. The second kappa shape index (κ2) is 7.22. The van der Waals surface area contributed by atoms with Gasteiger partial charge < -0.3 is 15.4 Å². The van der Waals surface area contributed by atoms with Gasteiger partial charge in [-0.05, 0) is 32.4 Å². The van der Waals surface area contributed by atoms with Gasteiger partial charge in [-0.25, -0.2) is 0 Å². The first-order valence-electron chi connectivity index (χ1n) is 6.69. The van der Waals surface area contributed by atoms with Crippen LogP contribution in [0.1, 0.15) is 19.3 Å². The van der Waals surface area contributed by atoms with Crippen LogP contribution in [-0.4, -0.2) is 63.4 Å². The first-order chi connectivity index (χ1) is 7.95. The van der Waals surface area contributed by atoms with E-state index in [1.807, 2.05) is 0 Å². The molecular formula is C12H25N3O. The highest BCUT2D eigenvalue weighted by Gasteiger charge is 2.13. The number of nitrogens with zero attached hydrogens (tertiary/aromatic N) is 1. The van der Waals surface area contributed by atoms with Crippen LogP contribution in [0.4, 0.5) is 0 Å². The molecule has 1 unspecified atom stereocenters. The van der Waals surface area contributed by atoms with Crippen LogP contribution in [0.5, 0.6) is 0 Å². The predicted molar refractivity (Wildman–Crippen MR) is 65.8 cm³/mol. The minimum Gasteiger partial charge on any atom is -0.379 e. The summed E-state index contributed by atoms with van der Waals surface area (Å²) in [5.41, 5.74) is 0.